The lowest BCUT2D eigenvalue weighted by atomic mass is 10.0. The third-order valence-corrected chi connectivity index (χ3v) is 1.71. The van der Waals surface area contributed by atoms with Crippen molar-refractivity contribution in [1.82, 2.24) is 0 Å². The lowest BCUT2D eigenvalue weighted by molar-refractivity contribution is 0.468. The Morgan fingerprint density at radius 3 is 2.58 bits per heavy atom. The monoisotopic (exact) mass is 165 g/mol. The van der Waals surface area contributed by atoms with Crippen LogP contribution in [0.2, 0.25) is 0 Å². The van der Waals surface area contributed by atoms with Gasteiger partial charge in [-0.1, -0.05) is 19.0 Å². The molecule has 12 heavy (non-hydrogen) atoms. The van der Waals surface area contributed by atoms with Gasteiger partial charge in [0, 0.05) is 17.4 Å². The van der Waals surface area contributed by atoms with Crippen LogP contribution < -0.4 is 0 Å². The van der Waals surface area contributed by atoms with Gasteiger partial charge in [-0.05, 0) is 24.8 Å². The molecule has 1 atom stereocenters. The predicted octanol–water partition coefficient (Wildman–Crippen LogP) is 3.12. The molecule has 0 bridgehead atoms. The summed E-state index contributed by atoms with van der Waals surface area (Å²) < 4.78 is 0. The molecule has 0 amide bonds. The Labute approximate surface area is 73.8 Å². The maximum absolute atomic E-state index is 8.26. The Hall–Kier alpha value is -1.13. The molecule has 0 saturated heterocycles. The Bertz CT molecular complexity index is 216. The van der Waals surface area contributed by atoms with Gasteiger partial charge in [0.2, 0.25) is 0 Å². The van der Waals surface area contributed by atoms with Crippen molar-refractivity contribution in [1.29, 1.82) is 0 Å². The van der Waals surface area contributed by atoms with Gasteiger partial charge in [0.25, 0.3) is 0 Å². The van der Waals surface area contributed by atoms with Crippen LogP contribution in [0.5, 0.6) is 0 Å². The SMILES string of the molecule is CC#CCCC(N=[N+]=[N-])C(C)C. The summed E-state index contributed by atoms with van der Waals surface area (Å²) in [6.07, 6.45) is 1.68. The molecule has 0 radical (unpaired) electrons. The minimum Gasteiger partial charge on any atom is -0.107 e. The summed E-state index contributed by atoms with van der Waals surface area (Å²) in [5, 5.41) is 3.71. The molecule has 66 valence electrons. The average molecular weight is 165 g/mol. The van der Waals surface area contributed by atoms with Crippen molar-refractivity contribution in [3.05, 3.63) is 10.4 Å². The van der Waals surface area contributed by atoms with Gasteiger partial charge >= 0.3 is 0 Å². The van der Waals surface area contributed by atoms with Gasteiger partial charge in [-0.25, -0.2) is 0 Å². The highest BCUT2D eigenvalue weighted by Gasteiger charge is 2.09. The highest BCUT2D eigenvalue weighted by Crippen LogP contribution is 2.12. The Morgan fingerprint density at radius 2 is 2.17 bits per heavy atom. The molecule has 0 N–H and O–H groups in total. The zero-order valence-electron chi connectivity index (χ0n) is 7.91. The van der Waals surface area contributed by atoms with Gasteiger partial charge in [-0.2, -0.15) is 0 Å². The summed E-state index contributed by atoms with van der Waals surface area (Å²) in [5.41, 5.74) is 8.26. The molecule has 1 unspecified atom stereocenters. The molecule has 0 aliphatic heterocycles. The molecule has 3 heteroatoms. The van der Waals surface area contributed by atoms with Crippen molar-refractivity contribution >= 4 is 0 Å². The number of rotatable bonds is 4. The van der Waals surface area contributed by atoms with Crippen molar-refractivity contribution < 1.29 is 0 Å². The molecule has 0 aliphatic carbocycles. The third kappa shape index (κ3) is 4.65. The Kier molecular flexibility index (Phi) is 5.95. The van der Waals surface area contributed by atoms with Crippen LogP contribution in [0.1, 0.15) is 33.6 Å². The number of hydrogen-bond acceptors (Lipinski definition) is 1. The highest BCUT2D eigenvalue weighted by atomic mass is 15.1. The lowest BCUT2D eigenvalue weighted by Gasteiger charge is -2.12. The van der Waals surface area contributed by atoms with Crippen LogP contribution in [0, 0.1) is 17.8 Å². The fourth-order valence-corrected chi connectivity index (χ4v) is 0.936. The molecule has 0 aromatic rings. The zero-order valence-corrected chi connectivity index (χ0v) is 7.91. The molecule has 0 aromatic carbocycles. The summed E-state index contributed by atoms with van der Waals surface area (Å²) in [5.74, 6) is 6.18. The van der Waals surface area contributed by atoms with E-state index in [2.05, 4.69) is 35.7 Å². The largest absolute Gasteiger partial charge is 0.107 e. The molecule has 0 fully saturated rings. The van der Waals surface area contributed by atoms with Gasteiger partial charge in [-0.15, -0.1) is 11.8 Å². The normalized spacial score (nSPS) is 11.3. The van der Waals surface area contributed by atoms with E-state index in [0.717, 1.165) is 12.8 Å². The Morgan fingerprint density at radius 1 is 1.50 bits per heavy atom. The molecule has 3 nitrogen and oxygen atoms in total. The van der Waals surface area contributed by atoms with Crippen molar-refractivity contribution in [2.24, 2.45) is 11.0 Å². The fraction of sp³-hybridized carbons (Fsp3) is 0.778. The van der Waals surface area contributed by atoms with Crippen LogP contribution in [-0.2, 0) is 0 Å². The van der Waals surface area contributed by atoms with Crippen LogP contribution in [0.15, 0.2) is 5.11 Å². The molecular formula is C9H15N3. The van der Waals surface area contributed by atoms with E-state index in [-0.39, 0.29) is 6.04 Å². The first-order valence-electron chi connectivity index (χ1n) is 4.16. The summed E-state index contributed by atoms with van der Waals surface area (Å²) in [6, 6.07) is 0.0934. The maximum Gasteiger partial charge on any atom is 0.0406 e. The van der Waals surface area contributed by atoms with Crippen LogP contribution in [0.3, 0.4) is 0 Å². The van der Waals surface area contributed by atoms with E-state index in [1.165, 1.54) is 0 Å². The van der Waals surface area contributed by atoms with Crippen LogP contribution in [0.4, 0.5) is 0 Å². The van der Waals surface area contributed by atoms with Gasteiger partial charge in [0.15, 0.2) is 0 Å². The summed E-state index contributed by atoms with van der Waals surface area (Å²) in [6.45, 7) is 5.93. The maximum atomic E-state index is 8.26. The second-order valence-electron chi connectivity index (χ2n) is 2.98. The van der Waals surface area contributed by atoms with E-state index >= 15 is 0 Å². The molecular weight excluding hydrogens is 150 g/mol. The summed E-state index contributed by atoms with van der Waals surface area (Å²) >= 11 is 0. The second kappa shape index (κ2) is 6.57. The van der Waals surface area contributed by atoms with Crippen molar-refractivity contribution in [3.8, 4) is 11.8 Å². The lowest BCUT2D eigenvalue weighted by Crippen LogP contribution is -2.11. The molecule has 0 saturated carbocycles. The van der Waals surface area contributed by atoms with E-state index in [9.17, 15) is 0 Å². The predicted molar refractivity (Wildman–Crippen MR) is 50.5 cm³/mol. The summed E-state index contributed by atoms with van der Waals surface area (Å²) in [7, 11) is 0. The van der Waals surface area contributed by atoms with E-state index < -0.39 is 0 Å². The van der Waals surface area contributed by atoms with Gasteiger partial charge in [-0.3, -0.25) is 0 Å². The zero-order chi connectivity index (χ0) is 9.40. The highest BCUT2D eigenvalue weighted by molar-refractivity contribution is 4.95. The number of hydrogen-bond donors (Lipinski definition) is 0. The van der Waals surface area contributed by atoms with Crippen molar-refractivity contribution in [2.75, 3.05) is 0 Å². The smallest absolute Gasteiger partial charge is 0.0406 e. The second-order valence-corrected chi connectivity index (χ2v) is 2.98. The van der Waals surface area contributed by atoms with Crippen LogP contribution in [-0.4, -0.2) is 6.04 Å². The molecule has 0 aliphatic rings. The first-order valence-corrected chi connectivity index (χ1v) is 4.16. The fourth-order valence-electron chi connectivity index (χ4n) is 0.936. The molecule has 0 rings (SSSR count). The minimum atomic E-state index is 0.0934. The van der Waals surface area contributed by atoms with E-state index in [4.69, 9.17) is 5.53 Å². The minimum absolute atomic E-state index is 0.0934. The summed E-state index contributed by atoms with van der Waals surface area (Å²) in [4.78, 5) is 2.81. The van der Waals surface area contributed by atoms with E-state index in [1.54, 1.807) is 0 Å². The van der Waals surface area contributed by atoms with Crippen LogP contribution >= 0.6 is 0 Å². The van der Waals surface area contributed by atoms with Crippen molar-refractivity contribution in [3.63, 3.8) is 0 Å². The number of azide groups is 1. The first-order chi connectivity index (χ1) is 5.72. The van der Waals surface area contributed by atoms with Gasteiger partial charge < -0.3 is 0 Å². The molecule has 0 heterocycles. The first kappa shape index (κ1) is 10.9. The van der Waals surface area contributed by atoms with Crippen LogP contribution in [0.25, 0.3) is 10.4 Å². The van der Waals surface area contributed by atoms with E-state index in [0.29, 0.717) is 5.92 Å². The quantitative estimate of drug-likeness (QED) is 0.266. The van der Waals surface area contributed by atoms with E-state index in [1.807, 2.05) is 6.92 Å². The third-order valence-electron chi connectivity index (χ3n) is 1.71. The van der Waals surface area contributed by atoms with Gasteiger partial charge in [0.05, 0.1) is 0 Å². The Balaban J connectivity index is 3.93. The standard InChI is InChI=1S/C9H15N3/c1-4-5-6-7-9(8(2)3)11-12-10/h8-9H,6-7H2,1-3H3. The van der Waals surface area contributed by atoms with Gasteiger partial charge in [0.1, 0.15) is 0 Å². The van der Waals surface area contributed by atoms with Crippen molar-refractivity contribution in [2.45, 2.75) is 39.7 Å². The topological polar surface area (TPSA) is 48.8 Å². The molecule has 0 aromatic heterocycles. The average Bonchev–Trinajstić information content (AvgIpc) is 2.03. The number of nitrogens with zero attached hydrogens (tertiary/aromatic N) is 3. The molecule has 0 spiro atoms.